The van der Waals surface area contributed by atoms with E-state index in [1.807, 2.05) is 0 Å². The smallest absolute Gasteiger partial charge is 0.339 e. The van der Waals surface area contributed by atoms with E-state index < -0.39 is 18.0 Å². The molecule has 86 valence electrons. The molecule has 0 spiro atoms. The lowest BCUT2D eigenvalue weighted by Crippen LogP contribution is -2.15. The number of carbonyl (C=O) groups is 2. The molecule has 1 atom stereocenters. The van der Waals surface area contributed by atoms with E-state index in [1.54, 1.807) is 0 Å². The van der Waals surface area contributed by atoms with Crippen LogP contribution in [0.4, 0.5) is 0 Å². The number of carboxylic acids is 2. The fourth-order valence-electron chi connectivity index (χ4n) is 1.26. The third kappa shape index (κ3) is 2.71. The maximum atomic E-state index is 10.7. The van der Waals surface area contributed by atoms with Crippen LogP contribution in [0, 0.1) is 0 Å². The van der Waals surface area contributed by atoms with Gasteiger partial charge in [0.15, 0.2) is 0 Å². The highest BCUT2D eigenvalue weighted by Crippen LogP contribution is 2.22. The quantitative estimate of drug-likeness (QED) is 0.594. The van der Waals surface area contributed by atoms with Crippen LogP contribution in [-0.2, 0) is 4.79 Å². The van der Waals surface area contributed by atoms with Crippen LogP contribution in [0.2, 0.25) is 0 Å². The first-order chi connectivity index (χ1) is 7.41. The van der Waals surface area contributed by atoms with Crippen LogP contribution in [0.1, 0.15) is 28.4 Å². The van der Waals surface area contributed by atoms with Gasteiger partial charge in [0.05, 0.1) is 6.42 Å². The Bertz CT molecular complexity index is 429. The predicted octanol–water partition coefficient (Wildman–Crippen LogP) is 0.565. The molecule has 0 aromatic heterocycles. The topological polar surface area (TPSA) is 121 Å². The average Bonchev–Trinajstić information content (AvgIpc) is 2.16. The van der Waals surface area contributed by atoms with Crippen LogP contribution in [-0.4, -0.2) is 27.3 Å². The monoisotopic (exact) mass is 225 g/mol. The number of carboxylic acid groups (broad SMARTS) is 2. The summed E-state index contributed by atoms with van der Waals surface area (Å²) in [6, 6.07) is 2.96. The van der Waals surface area contributed by atoms with Crippen LogP contribution >= 0.6 is 0 Å². The number of nitrogens with two attached hydrogens (primary N) is 1. The van der Waals surface area contributed by atoms with Crippen LogP contribution in [0.15, 0.2) is 18.2 Å². The van der Waals surface area contributed by atoms with Gasteiger partial charge in [-0.05, 0) is 17.7 Å². The Hall–Kier alpha value is -2.08. The second kappa shape index (κ2) is 4.63. The van der Waals surface area contributed by atoms with E-state index >= 15 is 0 Å². The fourth-order valence-corrected chi connectivity index (χ4v) is 1.26. The number of hydrogen-bond donors (Lipinski definition) is 4. The van der Waals surface area contributed by atoms with Gasteiger partial charge in [0.2, 0.25) is 0 Å². The zero-order valence-corrected chi connectivity index (χ0v) is 8.25. The minimum atomic E-state index is -1.29. The van der Waals surface area contributed by atoms with Gasteiger partial charge in [-0.25, -0.2) is 4.79 Å². The van der Waals surface area contributed by atoms with Crippen molar-refractivity contribution in [2.45, 2.75) is 12.5 Å². The number of aromatic carboxylic acids is 1. The lowest BCUT2D eigenvalue weighted by atomic mass is 10.0. The molecule has 0 aliphatic carbocycles. The summed E-state index contributed by atoms with van der Waals surface area (Å²) >= 11 is 0. The molecule has 0 saturated carbocycles. The van der Waals surface area contributed by atoms with Gasteiger partial charge >= 0.3 is 11.9 Å². The molecule has 0 aliphatic heterocycles. The Balaban J connectivity index is 3.02. The summed E-state index contributed by atoms with van der Waals surface area (Å²) in [5.41, 5.74) is 5.63. The molecule has 1 rings (SSSR count). The molecule has 6 heteroatoms. The maximum Gasteiger partial charge on any atom is 0.339 e. The van der Waals surface area contributed by atoms with Crippen molar-refractivity contribution in [2.24, 2.45) is 5.73 Å². The molecule has 5 N–H and O–H groups in total. The number of aromatic hydroxyl groups is 1. The average molecular weight is 225 g/mol. The highest BCUT2D eigenvalue weighted by atomic mass is 16.4. The van der Waals surface area contributed by atoms with Gasteiger partial charge in [-0.3, -0.25) is 4.79 Å². The summed E-state index contributed by atoms with van der Waals surface area (Å²) in [5, 5.41) is 26.5. The highest BCUT2D eigenvalue weighted by molar-refractivity contribution is 5.91. The normalized spacial score (nSPS) is 12.1. The van der Waals surface area contributed by atoms with Gasteiger partial charge in [0.1, 0.15) is 11.3 Å². The molecule has 0 heterocycles. The molecule has 6 nitrogen and oxygen atoms in total. The SMILES string of the molecule is NC(CC(=O)O)c1ccc(O)c(C(=O)O)c1. The summed E-state index contributed by atoms with van der Waals surface area (Å²) in [7, 11) is 0. The zero-order valence-electron chi connectivity index (χ0n) is 8.25. The molecule has 1 unspecified atom stereocenters. The van der Waals surface area contributed by atoms with Gasteiger partial charge in [0.25, 0.3) is 0 Å². The summed E-state index contributed by atoms with van der Waals surface area (Å²) in [6.45, 7) is 0. The van der Waals surface area contributed by atoms with Crippen LogP contribution < -0.4 is 5.73 Å². The summed E-state index contributed by atoms with van der Waals surface area (Å²) < 4.78 is 0. The Labute approximate surface area is 90.9 Å². The summed E-state index contributed by atoms with van der Waals surface area (Å²) in [6.07, 6.45) is -0.302. The highest BCUT2D eigenvalue weighted by Gasteiger charge is 2.15. The molecule has 0 amide bonds. The number of rotatable bonds is 4. The largest absolute Gasteiger partial charge is 0.507 e. The van der Waals surface area contributed by atoms with Crippen LogP contribution in [0.3, 0.4) is 0 Å². The third-order valence-corrected chi connectivity index (χ3v) is 2.07. The Kier molecular flexibility index (Phi) is 3.47. The molecular formula is C10H11NO5. The first-order valence-electron chi connectivity index (χ1n) is 4.45. The van der Waals surface area contributed by atoms with Crippen molar-refractivity contribution >= 4 is 11.9 Å². The third-order valence-electron chi connectivity index (χ3n) is 2.07. The molecule has 16 heavy (non-hydrogen) atoms. The molecule has 0 saturated heterocycles. The Morgan fingerprint density at radius 3 is 2.44 bits per heavy atom. The lowest BCUT2D eigenvalue weighted by molar-refractivity contribution is -0.137. The fraction of sp³-hybridized carbons (Fsp3) is 0.200. The van der Waals surface area contributed by atoms with Crippen molar-refractivity contribution in [1.82, 2.24) is 0 Å². The van der Waals surface area contributed by atoms with E-state index in [0.717, 1.165) is 0 Å². The summed E-state index contributed by atoms with van der Waals surface area (Å²) in [5.74, 6) is -2.74. The van der Waals surface area contributed by atoms with Gasteiger partial charge in [-0.1, -0.05) is 6.07 Å². The molecule has 1 aromatic carbocycles. The van der Waals surface area contributed by atoms with Gasteiger partial charge in [-0.15, -0.1) is 0 Å². The first kappa shape index (κ1) is 12.0. The van der Waals surface area contributed by atoms with Gasteiger partial charge < -0.3 is 21.1 Å². The Morgan fingerprint density at radius 2 is 1.94 bits per heavy atom. The number of aliphatic carboxylic acids is 1. The van der Waals surface area contributed by atoms with E-state index in [9.17, 15) is 14.7 Å². The van der Waals surface area contributed by atoms with Crippen molar-refractivity contribution < 1.29 is 24.9 Å². The minimum absolute atomic E-state index is 0.293. The lowest BCUT2D eigenvalue weighted by Gasteiger charge is -2.10. The number of benzene rings is 1. The molecular weight excluding hydrogens is 214 g/mol. The van der Waals surface area contributed by atoms with Gasteiger partial charge in [0, 0.05) is 6.04 Å². The molecule has 0 bridgehead atoms. The number of phenols is 1. The van der Waals surface area contributed by atoms with Crippen molar-refractivity contribution in [2.75, 3.05) is 0 Å². The first-order valence-corrected chi connectivity index (χ1v) is 4.45. The van der Waals surface area contributed by atoms with Crippen LogP contribution in [0.25, 0.3) is 0 Å². The second-order valence-electron chi connectivity index (χ2n) is 3.29. The van der Waals surface area contributed by atoms with E-state index in [4.69, 9.17) is 15.9 Å². The van der Waals surface area contributed by atoms with Crippen molar-refractivity contribution in [3.05, 3.63) is 29.3 Å². The molecule has 1 aromatic rings. The minimum Gasteiger partial charge on any atom is -0.507 e. The summed E-state index contributed by atoms with van der Waals surface area (Å²) in [4.78, 5) is 21.1. The molecule has 0 fully saturated rings. The van der Waals surface area contributed by atoms with Crippen LogP contribution in [0.5, 0.6) is 5.75 Å². The standard InChI is InChI=1S/C10H11NO5/c11-7(4-9(13)14)5-1-2-8(12)6(3-5)10(15)16/h1-3,7,12H,4,11H2,(H,13,14)(H,15,16). The second-order valence-corrected chi connectivity index (χ2v) is 3.29. The van der Waals surface area contributed by atoms with Crippen molar-refractivity contribution in [1.29, 1.82) is 0 Å². The van der Waals surface area contributed by atoms with E-state index in [1.165, 1.54) is 18.2 Å². The Morgan fingerprint density at radius 1 is 1.31 bits per heavy atom. The van der Waals surface area contributed by atoms with E-state index in [0.29, 0.717) is 5.56 Å². The van der Waals surface area contributed by atoms with Crippen molar-refractivity contribution in [3.63, 3.8) is 0 Å². The molecule has 0 radical (unpaired) electrons. The molecule has 0 aliphatic rings. The number of hydrogen-bond acceptors (Lipinski definition) is 4. The van der Waals surface area contributed by atoms with Crippen molar-refractivity contribution in [3.8, 4) is 5.75 Å². The van der Waals surface area contributed by atoms with Gasteiger partial charge in [-0.2, -0.15) is 0 Å². The van der Waals surface area contributed by atoms with E-state index in [2.05, 4.69) is 0 Å². The zero-order chi connectivity index (χ0) is 12.3. The maximum absolute atomic E-state index is 10.7. The van der Waals surface area contributed by atoms with E-state index in [-0.39, 0.29) is 17.7 Å². The predicted molar refractivity (Wildman–Crippen MR) is 54.2 cm³/mol.